The van der Waals surface area contributed by atoms with Crippen LogP contribution in [0.2, 0.25) is 0 Å². The largest absolute Gasteiger partial charge is 0.382 e. The van der Waals surface area contributed by atoms with Crippen LogP contribution in [0.25, 0.3) is 0 Å². The first-order valence-corrected chi connectivity index (χ1v) is 3.34. The fourth-order valence-corrected chi connectivity index (χ4v) is 1.27. The normalized spacial score (nSPS) is 42.6. The van der Waals surface area contributed by atoms with Gasteiger partial charge in [-0.05, 0) is 13.3 Å². The molecule has 0 aromatic heterocycles. The second kappa shape index (κ2) is 1.81. The van der Waals surface area contributed by atoms with E-state index in [0.717, 1.165) is 6.42 Å². The van der Waals surface area contributed by atoms with Crippen LogP contribution in [0, 0.1) is 5.92 Å². The van der Waals surface area contributed by atoms with Crippen LogP contribution >= 0.6 is 0 Å². The predicted molar refractivity (Wildman–Crippen MR) is 34.0 cm³/mol. The van der Waals surface area contributed by atoms with Gasteiger partial charge >= 0.3 is 0 Å². The summed E-state index contributed by atoms with van der Waals surface area (Å²) in [6, 6.07) is 0. The average Bonchev–Trinajstić information content (AvgIpc) is 1.82. The van der Waals surface area contributed by atoms with Gasteiger partial charge in [-0.15, -0.1) is 0 Å². The Bertz CT molecular complexity index is 138. The number of aliphatic hydroxyl groups is 1. The monoisotopic (exact) mass is 128 g/mol. The molecule has 1 fully saturated rings. The van der Waals surface area contributed by atoms with Gasteiger partial charge in [-0.1, -0.05) is 6.92 Å². The molecule has 0 aromatic carbocycles. The van der Waals surface area contributed by atoms with Crippen molar-refractivity contribution >= 4 is 5.78 Å². The molecule has 1 N–H and O–H groups in total. The zero-order chi connectivity index (χ0) is 7.07. The van der Waals surface area contributed by atoms with Gasteiger partial charge in [-0.3, -0.25) is 4.79 Å². The summed E-state index contributed by atoms with van der Waals surface area (Å²) in [6.45, 7) is 3.60. The molecule has 2 heteroatoms. The summed E-state index contributed by atoms with van der Waals surface area (Å²) in [5, 5.41) is 9.29. The molecule has 0 spiro atoms. The van der Waals surface area contributed by atoms with Crippen molar-refractivity contribution in [3.05, 3.63) is 0 Å². The van der Waals surface area contributed by atoms with Crippen LogP contribution in [0.15, 0.2) is 0 Å². The highest BCUT2D eigenvalue weighted by atomic mass is 16.3. The standard InChI is InChI=1S/C7H12O2/c1-3-5-4-6(8)7(5,2)9/h5,9H,3-4H2,1-2H3. The molecule has 1 aliphatic carbocycles. The molecule has 1 rings (SSSR count). The van der Waals surface area contributed by atoms with Crippen molar-refractivity contribution in [3.63, 3.8) is 0 Å². The number of carbonyl (C=O) groups is 1. The van der Waals surface area contributed by atoms with Crippen molar-refractivity contribution in [2.45, 2.75) is 32.3 Å². The van der Waals surface area contributed by atoms with E-state index < -0.39 is 5.60 Å². The van der Waals surface area contributed by atoms with Crippen molar-refractivity contribution in [1.29, 1.82) is 0 Å². The molecule has 0 amide bonds. The van der Waals surface area contributed by atoms with Crippen LogP contribution in [0.3, 0.4) is 0 Å². The number of carbonyl (C=O) groups excluding carboxylic acids is 1. The van der Waals surface area contributed by atoms with Gasteiger partial charge in [-0.25, -0.2) is 0 Å². The van der Waals surface area contributed by atoms with Gasteiger partial charge in [-0.2, -0.15) is 0 Å². The van der Waals surface area contributed by atoms with Crippen molar-refractivity contribution in [2.75, 3.05) is 0 Å². The molecular weight excluding hydrogens is 116 g/mol. The van der Waals surface area contributed by atoms with Gasteiger partial charge < -0.3 is 5.11 Å². The highest BCUT2D eigenvalue weighted by molar-refractivity contribution is 5.93. The summed E-state index contributed by atoms with van der Waals surface area (Å²) in [7, 11) is 0. The topological polar surface area (TPSA) is 37.3 Å². The zero-order valence-corrected chi connectivity index (χ0v) is 5.85. The van der Waals surface area contributed by atoms with E-state index in [1.165, 1.54) is 0 Å². The van der Waals surface area contributed by atoms with E-state index in [4.69, 9.17) is 0 Å². The summed E-state index contributed by atoms with van der Waals surface area (Å²) in [6.07, 6.45) is 1.47. The lowest BCUT2D eigenvalue weighted by Crippen LogP contribution is -2.53. The lowest BCUT2D eigenvalue weighted by molar-refractivity contribution is -0.159. The third kappa shape index (κ3) is 0.778. The number of hydrogen-bond donors (Lipinski definition) is 1. The maximum absolute atomic E-state index is 10.7. The molecule has 1 saturated carbocycles. The van der Waals surface area contributed by atoms with Crippen molar-refractivity contribution in [3.8, 4) is 0 Å². The highest BCUT2D eigenvalue weighted by Gasteiger charge is 2.48. The summed E-state index contributed by atoms with van der Waals surface area (Å²) in [5.41, 5.74) is -0.991. The number of rotatable bonds is 1. The van der Waals surface area contributed by atoms with Crippen molar-refractivity contribution in [2.24, 2.45) is 5.92 Å². The van der Waals surface area contributed by atoms with Crippen LogP contribution in [0.5, 0.6) is 0 Å². The first kappa shape index (κ1) is 6.75. The SMILES string of the molecule is CCC1CC(=O)C1(C)O. The first-order valence-electron chi connectivity index (χ1n) is 3.34. The van der Waals surface area contributed by atoms with Crippen LogP contribution in [0.1, 0.15) is 26.7 Å². The number of Topliss-reactive ketones (excluding diaryl/α,β-unsaturated/α-hetero) is 1. The Morgan fingerprint density at radius 2 is 2.44 bits per heavy atom. The molecule has 0 bridgehead atoms. The summed E-state index contributed by atoms with van der Waals surface area (Å²) >= 11 is 0. The Hall–Kier alpha value is -0.370. The maximum atomic E-state index is 10.7. The summed E-state index contributed by atoms with van der Waals surface area (Å²) in [4.78, 5) is 10.7. The third-order valence-corrected chi connectivity index (χ3v) is 2.28. The van der Waals surface area contributed by atoms with E-state index in [0.29, 0.717) is 6.42 Å². The Morgan fingerprint density at radius 3 is 2.56 bits per heavy atom. The quantitative estimate of drug-likeness (QED) is 0.565. The molecule has 0 saturated heterocycles. The van der Waals surface area contributed by atoms with E-state index in [1.54, 1.807) is 6.92 Å². The van der Waals surface area contributed by atoms with Gasteiger partial charge in [0.1, 0.15) is 5.60 Å². The molecule has 9 heavy (non-hydrogen) atoms. The maximum Gasteiger partial charge on any atom is 0.164 e. The fourth-order valence-electron chi connectivity index (χ4n) is 1.27. The van der Waals surface area contributed by atoms with E-state index in [2.05, 4.69) is 0 Å². The molecule has 0 aliphatic heterocycles. The van der Waals surface area contributed by atoms with Crippen LogP contribution in [0.4, 0.5) is 0 Å². The van der Waals surface area contributed by atoms with Gasteiger partial charge in [0, 0.05) is 12.3 Å². The fraction of sp³-hybridized carbons (Fsp3) is 0.857. The van der Waals surface area contributed by atoms with Crippen LogP contribution < -0.4 is 0 Å². The van der Waals surface area contributed by atoms with E-state index in [1.807, 2.05) is 6.92 Å². The Labute approximate surface area is 54.9 Å². The molecule has 2 atom stereocenters. The van der Waals surface area contributed by atoms with Crippen molar-refractivity contribution in [1.82, 2.24) is 0 Å². The zero-order valence-electron chi connectivity index (χ0n) is 5.85. The van der Waals surface area contributed by atoms with E-state index in [-0.39, 0.29) is 11.7 Å². The molecule has 0 aromatic rings. The third-order valence-electron chi connectivity index (χ3n) is 2.28. The predicted octanol–water partition coefficient (Wildman–Crippen LogP) is 0.736. The highest BCUT2D eigenvalue weighted by Crippen LogP contribution is 2.36. The number of hydrogen-bond acceptors (Lipinski definition) is 2. The minimum absolute atomic E-state index is 0.00523. The molecule has 52 valence electrons. The van der Waals surface area contributed by atoms with Gasteiger partial charge in [0.15, 0.2) is 5.78 Å². The first-order chi connectivity index (χ1) is 4.09. The summed E-state index contributed by atoms with van der Waals surface area (Å²) in [5.74, 6) is 0.208. The molecule has 2 unspecified atom stereocenters. The molecule has 0 radical (unpaired) electrons. The number of ketones is 1. The second-order valence-electron chi connectivity index (χ2n) is 2.88. The van der Waals surface area contributed by atoms with Gasteiger partial charge in [0.05, 0.1) is 0 Å². The van der Waals surface area contributed by atoms with Crippen LogP contribution in [-0.2, 0) is 4.79 Å². The molecular formula is C7H12O2. The second-order valence-corrected chi connectivity index (χ2v) is 2.88. The summed E-state index contributed by atoms with van der Waals surface area (Å²) < 4.78 is 0. The average molecular weight is 128 g/mol. The Kier molecular flexibility index (Phi) is 1.35. The van der Waals surface area contributed by atoms with Gasteiger partial charge in [0.25, 0.3) is 0 Å². The minimum Gasteiger partial charge on any atom is -0.382 e. The van der Waals surface area contributed by atoms with Crippen molar-refractivity contribution < 1.29 is 9.90 Å². The smallest absolute Gasteiger partial charge is 0.164 e. The Balaban J connectivity index is 2.58. The lowest BCUT2D eigenvalue weighted by atomic mass is 9.68. The lowest BCUT2D eigenvalue weighted by Gasteiger charge is -2.40. The van der Waals surface area contributed by atoms with Gasteiger partial charge in [0.2, 0.25) is 0 Å². The minimum atomic E-state index is -0.991. The molecule has 1 aliphatic rings. The molecule has 2 nitrogen and oxygen atoms in total. The Morgan fingerprint density at radius 1 is 1.89 bits per heavy atom. The van der Waals surface area contributed by atoms with Crippen LogP contribution in [-0.4, -0.2) is 16.5 Å². The van der Waals surface area contributed by atoms with E-state index >= 15 is 0 Å². The molecule has 0 heterocycles. The van der Waals surface area contributed by atoms with E-state index in [9.17, 15) is 9.90 Å².